The minimum Gasteiger partial charge on any atom is -0.339 e. The Hall–Kier alpha value is -1.14. The zero-order chi connectivity index (χ0) is 23.3. The molecular weight excluding hydrogens is 424 g/mol. The molecule has 2 heterocycles. The van der Waals surface area contributed by atoms with Gasteiger partial charge in [-0.1, -0.05) is 13.3 Å². The van der Waals surface area contributed by atoms with Crippen molar-refractivity contribution < 1.29 is 9.59 Å². The van der Waals surface area contributed by atoms with Gasteiger partial charge in [-0.3, -0.25) is 15.0 Å². The first-order valence-electron chi connectivity index (χ1n) is 14.6. The first kappa shape index (κ1) is 23.3. The lowest BCUT2D eigenvalue weighted by atomic mass is 9.67. The summed E-state index contributed by atoms with van der Waals surface area (Å²) in [7, 11) is 0. The van der Waals surface area contributed by atoms with Crippen molar-refractivity contribution in [2.24, 2.45) is 35.0 Å². The van der Waals surface area contributed by atoms with Crippen LogP contribution >= 0.6 is 0 Å². The van der Waals surface area contributed by atoms with Crippen molar-refractivity contribution in [3.05, 3.63) is 0 Å². The van der Waals surface area contributed by atoms with E-state index in [-0.39, 0.29) is 11.3 Å². The standard InChI is InChI=1S/C28H46N4O2/c1-28(11-12-28)27(34)31-15-13-30(14-16-31)26(33)22-7-5-21(6-8-22)23-9-10-25-24(17-23)18-29-32(25)19-20-3-2-4-20/h20-25,29H,2-19H2,1H3. The molecule has 0 radical (unpaired) electrons. The molecule has 2 saturated heterocycles. The van der Waals surface area contributed by atoms with Crippen LogP contribution in [0.25, 0.3) is 0 Å². The Balaban J connectivity index is 0.938. The Labute approximate surface area is 206 Å². The molecule has 0 aromatic carbocycles. The first-order valence-corrected chi connectivity index (χ1v) is 14.6. The van der Waals surface area contributed by atoms with Crippen molar-refractivity contribution in [3.63, 3.8) is 0 Å². The van der Waals surface area contributed by atoms with E-state index in [1.807, 2.05) is 4.90 Å². The van der Waals surface area contributed by atoms with Gasteiger partial charge in [-0.25, -0.2) is 5.01 Å². The predicted molar refractivity (Wildman–Crippen MR) is 133 cm³/mol. The topological polar surface area (TPSA) is 55.9 Å². The number of nitrogens with one attached hydrogen (secondary N) is 1. The third kappa shape index (κ3) is 4.54. The van der Waals surface area contributed by atoms with E-state index in [9.17, 15) is 9.59 Å². The van der Waals surface area contributed by atoms with Crippen molar-refractivity contribution in [1.29, 1.82) is 0 Å². The van der Waals surface area contributed by atoms with Crippen LogP contribution in [0, 0.1) is 35.0 Å². The molecule has 190 valence electrons. The number of rotatable bonds is 5. The molecule has 2 aliphatic heterocycles. The molecule has 1 N–H and O–H groups in total. The second-order valence-corrected chi connectivity index (χ2v) is 13.0. The van der Waals surface area contributed by atoms with Crippen LogP contribution in [0.1, 0.15) is 84.0 Å². The molecule has 3 atom stereocenters. The molecule has 0 spiro atoms. The first-order chi connectivity index (χ1) is 16.5. The molecule has 34 heavy (non-hydrogen) atoms. The van der Waals surface area contributed by atoms with Gasteiger partial charge < -0.3 is 9.80 Å². The molecule has 3 unspecified atom stereocenters. The molecule has 6 fully saturated rings. The minimum atomic E-state index is -0.0901. The highest BCUT2D eigenvalue weighted by atomic mass is 16.2. The molecule has 0 aromatic heterocycles. The number of hydrogen-bond donors (Lipinski definition) is 1. The Morgan fingerprint density at radius 3 is 2.15 bits per heavy atom. The Morgan fingerprint density at radius 1 is 0.824 bits per heavy atom. The van der Waals surface area contributed by atoms with Gasteiger partial charge in [-0.2, -0.15) is 0 Å². The molecule has 4 aliphatic carbocycles. The molecule has 0 aromatic rings. The lowest BCUT2D eigenvalue weighted by molar-refractivity contribution is -0.145. The van der Waals surface area contributed by atoms with E-state index in [4.69, 9.17) is 0 Å². The average Bonchev–Trinajstić information content (AvgIpc) is 3.48. The number of hydrazine groups is 1. The lowest BCUT2D eigenvalue weighted by Gasteiger charge is -2.42. The van der Waals surface area contributed by atoms with Crippen molar-refractivity contribution in [2.45, 2.75) is 90.0 Å². The van der Waals surface area contributed by atoms with Gasteiger partial charge in [-0.05, 0) is 94.3 Å². The third-order valence-corrected chi connectivity index (χ3v) is 10.8. The van der Waals surface area contributed by atoms with Gasteiger partial charge in [0.15, 0.2) is 0 Å². The second kappa shape index (κ2) is 9.38. The highest BCUT2D eigenvalue weighted by Crippen LogP contribution is 2.47. The third-order valence-electron chi connectivity index (χ3n) is 10.8. The summed E-state index contributed by atoms with van der Waals surface area (Å²) in [6.07, 6.45) is 15.2. The van der Waals surface area contributed by atoms with Crippen molar-refractivity contribution in [3.8, 4) is 0 Å². The Morgan fingerprint density at radius 2 is 1.50 bits per heavy atom. The number of hydrogen-bond acceptors (Lipinski definition) is 4. The van der Waals surface area contributed by atoms with Crippen molar-refractivity contribution >= 4 is 11.8 Å². The number of carbonyl (C=O) groups excluding carboxylic acids is 2. The second-order valence-electron chi connectivity index (χ2n) is 13.0. The lowest BCUT2D eigenvalue weighted by Crippen LogP contribution is -2.53. The van der Waals surface area contributed by atoms with Gasteiger partial charge in [-0.15, -0.1) is 0 Å². The van der Waals surface area contributed by atoms with E-state index < -0.39 is 0 Å². The molecule has 6 aliphatic rings. The summed E-state index contributed by atoms with van der Waals surface area (Å²) in [6.45, 7) is 7.48. The summed E-state index contributed by atoms with van der Waals surface area (Å²) in [4.78, 5) is 29.9. The van der Waals surface area contributed by atoms with Crippen LogP contribution in [0.3, 0.4) is 0 Å². The SMILES string of the molecule is CC1(C(=O)N2CCN(C(=O)C3CCC(C4CCC5C(CNN5CC5CCC5)C4)CC3)CC2)CC1. The van der Waals surface area contributed by atoms with E-state index >= 15 is 0 Å². The van der Waals surface area contributed by atoms with Gasteiger partial charge >= 0.3 is 0 Å². The van der Waals surface area contributed by atoms with Crippen LogP contribution < -0.4 is 5.43 Å². The normalized spacial score (nSPS) is 38.3. The van der Waals surface area contributed by atoms with Crippen LogP contribution in [0.5, 0.6) is 0 Å². The zero-order valence-electron chi connectivity index (χ0n) is 21.4. The van der Waals surface area contributed by atoms with Gasteiger partial charge in [0.2, 0.25) is 11.8 Å². The average molecular weight is 471 g/mol. The molecule has 6 nitrogen and oxygen atoms in total. The highest BCUT2D eigenvalue weighted by molar-refractivity contribution is 5.85. The predicted octanol–water partition coefficient (Wildman–Crippen LogP) is 3.67. The fourth-order valence-electron chi connectivity index (χ4n) is 7.86. The number of fused-ring (bicyclic) bond motifs is 1. The maximum atomic E-state index is 13.2. The maximum absolute atomic E-state index is 13.2. The van der Waals surface area contributed by atoms with Crippen LogP contribution in [0.15, 0.2) is 0 Å². The van der Waals surface area contributed by atoms with Crippen molar-refractivity contribution in [2.75, 3.05) is 39.3 Å². The zero-order valence-corrected chi connectivity index (χ0v) is 21.4. The molecule has 6 heteroatoms. The van der Waals surface area contributed by atoms with Crippen LogP contribution in [0.2, 0.25) is 0 Å². The molecule has 4 saturated carbocycles. The molecule has 2 amide bonds. The van der Waals surface area contributed by atoms with Crippen LogP contribution in [-0.2, 0) is 9.59 Å². The molecular formula is C28H46N4O2. The smallest absolute Gasteiger partial charge is 0.228 e. The Bertz CT molecular complexity index is 762. The van der Waals surface area contributed by atoms with E-state index in [1.165, 1.54) is 64.5 Å². The van der Waals surface area contributed by atoms with Crippen LogP contribution in [0.4, 0.5) is 0 Å². The van der Waals surface area contributed by atoms with E-state index in [0.717, 1.165) is 81.6 Å². The monoisotopic (exact) mass is 470 g/mol. The van der Waals surface area contributed by atoms with Gasteiger partial charge in [0.05, 0.1) is 0 Å². The highest BCUT2D eigenvalue weighted by Gasteiger charge is 2.48. The number of nitrogens with zero attached hydrogens (tertiary/aromatic N) is 3. The number of amides is 2. The number of carbonyl (C=O) groups is 2. The summed E-state index contributed by atoms with van der Waals surface area (Å²) in [5, 5.41) is 2.62. The fraction of sp³-hybridized carbons (Fsp3) is 0.929. The maximum Gasteiger partial charge on any atom is 0.228 e. The van der Waals surface area contributed by atoms with E-state index in [0.29, 0.717) is 11.8 Å². The van der Waals surface area contributed by atoms with Crippen LogP contribution in [-0.4, -0.2) is 71.9 Å². The van der Waals surface area contributed by atoms with E-state index in [1.54, 1.807) is 0 Å². The quantitative estimate of drug-likeness (QED) is 0.666. The van der Waals surface area contributed by atoms with Gasteiger partial charge in [0.25, 0.3) is 0 Å². The van der Waals surface area contributed by atoms with Gasteiger partial charge in [0.1, 0.15) is 0 Å². The van der Waals surface area contributed by atoms with Crippen molar-refractivity contribution in [1.82, 2.24) is 20.2 Å². The number of piperazine rings is 1. The molecule has 6 rings (SSSR count). The largest absolute Gasteiger partial charge is 0.339 e. The summed E-state index contributed by atoms with van der Waals surface area (Å²) in [5.41, 5.74) is 3.67. The summed E-state index contributed by atoms with van der Waals surface area (Å²) >= 11 is 0. The fourth-order valence-corrected chi connectivity index (χ4v) is 7.86. The summed E-state index contributed by atoms with van der Waals surface area (Å²) in [5.74, 6) is 4.41. The summed E-state index contributed by atoms with van der Waals surface area (Å²) in [6, 6.07) is 0.780. The van der Waals surface area contributed by atoms with Gasteiger partial charge in [0, 0.05) is 56.6 Å². The van der Waals surface area contributed by atoms with E-state index in [2.05, 4.69) is 22.3 Å². The minimum absolute atomic E-state index is 0.0901. The summed E-state index contributed by atoms with van der Waals surface area (Å²) < 4.78 is 0. The molecule has 0 bridgehead atoms. The Kier molecular flexibility index (Phi) is 6.42.